The number of hydrogen-bond donors (Lipinski definition) is 1. The molecule has 38 heavy (non-hydrogen) atoms. The minimum Gasteiger partial charge on any atom is -0.481 e. The lowest BCUT2D eigenvalue weighted by Crippen LogP contribution is -2.29. The highest BCUT2D eigenvalue weighted by Crippen LogP contribution is 2.48. The van der Waals surface area contributed by atoms with Crippen LogP contribution in [0.15, 0.2) is 60.7 Å². The first-order valence-electron chi connectivity index (χ1n) is 13.2. The highest BCUT2D eigenvalue weighted by molar-refractivity contribution is 6.30. The van der Waals surface area contributed by atoms with E-state index in [1.807, 2.05) is 24.3 Å². The minimum atomic E-state index is -4.40. The molecule has 0 bridgehead atoms. The average molecular weight is 544 g/mol. The number of carbonyl (C=O) groups is 1. The maximum atomic E-state index is 13.3. The summed E-state index contributed by atoms with van der Waals surface area (Å²) in [7, 11) is 0. The fraction of sp³-hybridized carbons (Fsp3) is 0.387. The Balaban J connectivity index is 1.84. The number of rotatable bonds is 10. The Hall–Kier alpha value is -2.99. The van der Waals surface area contributed by atoms with E-state index in [1.54, 1.807) is 12.1 Å². The third-order valence-corrected chi connectivity index (χ3v) is 7.61. The van der Waals surface area contributed by atoms with E-state index in [2.05, 4.69) is 30.9 Å². The standard InChI is InChI=1S/C31H33ClF3NO2/c1-3-5-8-21-17-24(32)15-16-25(21)27-19-36(30-22(18-29(37)38)9-6-10-26(27)30)28(7-4-2)20-11-13-23(14-12-20)31(33,34)35/h6,9-17,27-28H,3-5,7-8,18-19H2,1-2H3,(H,37,38). The summed E-state index contributed by atoms with van der Waals surface area (Å²) in [5.74, 6) is -0.921. The second-order valence-electron chi connectivity index (χ2n) is 10.0. The number of alkyl halides is 3. The smallest absolute Gasteiger partial charge is 0.416 e. The van der Waals surface area contributed by atoms with Gasteiger partial charge in [0.1, 0.15) is 0 Å². The van der Waals surface area contributed by atoms with E-state index in [4.69, 9.17) is 11.6 Å². The maximum Gasteiger partial charge on any atom is 0.416 e. The van der Waals surface area contributed by atoms with Crippen LogP contribution in [0.25, 0.3) is 0 Å². The lowest BCUT2D eigenvalue weighted by Gasteiger charge is -2.32. The normalized spacial score (nSPS) is 15.9. The van der Waals surface area contributed by atoms with Crippen molar-refractivity contribution in [1.82, 2.24) is 0 Å². The molecule has 3 aromatic rings. The molecule has 7 heteroatoms. The number of para-hydroxylation sites is 1. The number of hydrogen-bond acceptors (Lipinski definition) is 2. The Morgan fingerprint density at radius 2 is 1.76 bits per heavy atom. The SMILES string of the molecule is CCCCc1cc(Cl)ccc1C1CN(C(CCC)c2ccc(C(F)(F)F)cc2)c2c(CC(=O)O)cccc21. The molecule has 1 N–H and O–H groups in total. The molecule has 0 radical (unpaired) electrons. The molecular formula is C31H33ClF3NO2. The first kappa shape index (κ1) is 28.0. The summed E-state index contributed by atoms with van der Waals surface area (Å²) in [6.45, 7) is 4.81. The predicted molar refractivity (Wildman–Crippen MR) is 146 cm³/mol. The Kier molecular flexibility index (Phi) is 8.71. The van der Waals surface area contributed by atoms with Crippen molar-refractivity contribution in [2.24, 2.45) is 0 Å². The van der Waals surface area contributed by atoms with Crippen LogP contribution < -0.4 is 4.90 Å². The topological polar surface area (TPSA) is 40.5 Å². The largest absolute Gasteiger partial charge is 0.481 e. The molecule has 1 heterocycles. The van der Waals surface area contributed by atoms with Gasteiger partial charge in [0.2, 0.25) is 0 Å². The quantitative estimate of drug-likeness (QED) is 0.278. The van der Waals surface area contributed by atoms with E-state index >= 15 is 0 Å². The van der Waals surface area contributed by atoms with Crippen LogP contribution in [-0.2, 0) is 23.8 Å². The number of aryl methyl sites for hydroxylation is 1. The third-order valence-electron chi connectivity index (χ3n) is 7.38. The van der Waals surface area contributed by atoms with Crippen molar-refractivity contribution in [2.45, 2.75) is 70.5 Å². The van der Waals surface area contributed by atoms with Gasteiger partial charge in [-0.05, 0) is 71.3 Å². The van der Waals surface area contributed by atoms with Crippen molar-refractivity contribution in [1.29, 1.82) is 0 Å². The Bertz CT molecular complexity index is 1270. The molecule has 3 nitrogen and oxygen atoms in total. The van der Waals surface area contributed by atoms with Crippen LogP contribution in [0.5, 0.6) is 0 Å². The van der Waals surface area contributed by atoms with E-state index in [-0.39, 0.29) is 18.4 Å². The van der Waals surface area contributed by atoms with Crippen molar-refractivity contribution in [3.63, 3.8) is 0 Å². The summed E-state index contributed by atoms with van der Waals surface area (Å²) in [4.78, 5) is 14.0. The number of carboxylic acid groups (broad SMARTS) is 1. The van der Waals surface area contributed by atoms with E-state index in [1.165, 1.54) is 11.1 Å². The van der Waals surface area contributed by atoms with Gasteiger partial charge in [-0.1, -0.05) is 74.7 Å². The number of benzene rings is 3. The lowest BCUT2D eigenvalue weighted by atomic mass is 9.87. The number of unbranched alkanes of at least 4 members (excludes halogenated alkanes) is 1. The first-order valence-corrected chi connectivity index (χ1v) is 13.6. The molecule has 3 aromatic carbocycles. The molecule has 2 atom stereocenters. The van der Waals surface area contributed by atoms with Gasteiger partial charge < -0.3 is 10.0 Å². The number of halogens is 4. The lowest BCUT2D eigenvalue weighted by molar-refractivity contribution is -0.138. The van der Waals surface area contributed by atoms with Gasteiger partial charge in [-0.25, -0.2) is 0 Å². The molecule has 2 unspecified atom stereocenters. The number of aliphatic carboxylic acids is 1. The van der Waals surface area contributed by atoms with Gasteiger partial charge in [-0.3, -0.25) is 4.79 Å². The van der Waals surface area contributed by atoms with Crippen LogP contribution in [0.3, 0.4) is 0 Å². The monoisotopic (exact) mass is 543 g/mol. The summed E-state index contributed by atoms with van der Waals surface area (Å²) in [6.07, 6.45) is -0.00332. The van der Waals surface area contributed by atoms with Gasteiger partial charge in [0, 0.05) is 23.2 Å². The summed E-state index contributed by atoms with van der Waals surface area (Å²) in [5, 5.41) is 10.3. The van der Waals surface area contributed by atoms with Gasteiger partial charge in [0.15, 0.2) is 0 Å². The molecule has 202 valence electrons. The summed E-state index contributed by atoms with van der Waals surface area (Å²) in [6, 6.07) is 17.0. The van der Waals surface area contributed by atoms with Crippen LogP contribution in [0.1, 0.15) is 84.9 Å². The van der Waals surface area contributed by atoms with Crippen molar-refractivity contribution in [3.05, 3.63) is 99.1 Å². The summed E-state index contributed by atoms with van der Waals surface area (Å²) in [5.41, 5.74) is 5.12. The zero-order chi connectivity index (χ0) is 27.4. The van der Waals surface area contributed by atoms with Crippen molar-refractivity contribution < 1.29 is 23.1 Å². The van der Waals surface area contributed by atoms with E-state index in [9.17, 15) is 23.1 Å². The molecule has 0 aromatic heterocycles. The molecule has 0 saturated heterocycles. The van der Waals surface area contributed by atoms with Crippen LogP contribution in [-0.4, -0.2) is 17.6 Å². The molecule has 0 spiro atoms. The number of anilines is 1. The van der Waals surface area contributed by atoms with Gasteiger partial charge in [0.25, 0.3) is 0 Å². The van der Waals surface area contributed by atoms with Crippen molar-refractivity contribution >= 4 is 23.3 Å². The van der Waals surface area contributed by atoms with E-state index < -0.39 is 17.7 Å². The summed E-state index contributed by atoms with van der Waals surface area (Å²) >= 11 is 6.37. The highest BCUT2D eigenvalue weighted by atomic mass is 35.5. The maximum absolute atomic E-state index is 13.3. The molecular weight excluding hydrogens is 511 g/mol. The molecule has 1 aliphatic heterocycles. The average Bonchev–Trinajstić information content (AvgIpc) is 3.25. The van der Waals surface area contributed by atoms with E-state index in [0.29, 0.717) is 11.6 Å². The molecule has 1 aliphatic rings. The second-order valence-corrected chi connectivity index (χ2v) is 10.4. The first-order chi connectivity index (χ1) is 18.1. The number of fused-ring (bicyclic) bond motifs is 1. The number of nitrogens with zero attached hydrogens (tertiary/aromatic N) is 1. The van der Waals surface area contributed by atoms with Gasteiger partial charge >= 0.3 is 12.1 Å². The van der Waals surface area contributed by atoms with Crippen LogP contribution >= 0.6 is 11.6 Å². The highest BCUT2D eigenvalue weighted by Gasteiger charge is 2.37. The second kappa shape index (κ2) is 11.8. The Morgan fingerprint density at radius 3 is 2.39 bits per heavy atom. The predicted octanol–water partition coefficient (Wildman–Crippen LogP) is 8.82. The molecule has 0 amide bonds. The number of carboxylic acids is 1. The third kappa shape index (κ3) is 6.01. The molecule has 0 fully saturated rings. The van der Waals surface area contributed by atoms with Crippen molar-refractivity contribution in [2.75, 3.05) is 11.4 Å². The Labute approximate surface area is 227 Å². The van der Waals surface area contributed by atoms with Crippen LogP contribution in [0.4, 0.5) is 18.9 Å². The van der Waals surface area contributed by atoms with Gasteiger partial charge in [-0.2, -0.15) is 13.2 Å². The minimum absolute atomic E-state index is 0.00308. The van der Waals surface area contributed by atoms with Crippen LogP contribution in [0, 0.1) is 0 Å². The fourth-order valence-electron chi connectivity index (χ4n) is 5.65. The zero-order valence-corrected chi connectivity index (χ0v) is 22.4. The fourth-order valence-corrected chi connectivity index (χ4v) is 5.85. The van der Waals surface area contributed by atoms with Gasteiger partial charge in [0.05, 0.1) is 18.0 Å². The van der Waals surface area contributed by atoms with E-state index in [0.717, 1.165) is 66.6 Å². The molecule has 4 rings (SSSR count). The summed E-state index contributed by atoms with van der Waals surface area (Å²) < 4.78 is 39.8. The van der Waals surface area contributed by atoms with Crippen LogP contribution in [0.2, 0.25) is 5.02 Å². The Morgan fingerprint density at radius 1 is 1.03 bits per heavy atom. The molecule has 0 saturated carbocycles. The van der Waals surface area contributed by atoms with Gasteiger partial charge in [-0.15, -0.1) is 0 Å². The molecule has 0 aliphatic carbocycles. The zero-order valence-electron chi connectivity index (χ0n) is 21.7. The van der Waals surface area contributed by atoms with Crippen molar-refractivity contribution in [3.8, 4) is 0 Å².